The average molecular weight is 188 g/mol. The molecular weight excluding hydrogens is 176 g/mol. The lowest BCUT2D eigenvalue weighted by atomic mass is 10.0. The van der Waals surface area contributed by atoms with E-state index in [0.29, 0.717) is 0 Å². The smallest absolute Gasteiger partial charge is 0.0705 e. The molecule has 3 nitrogen and oxygen atoms in total. The summed E-state index contributed by atoms with van der Waals surface area (Å²) in [5.74, 6) is 0. The Bertz CT molecular complexity index is 437. The van der Waals surface area contributed by atoms with Crippen LogP contribution in [0.4, 0.5) is 0 Å². The van der Waals surface area contributed by atoms with Crippen molar-refractivity contribution in [1.29, 1.82) is 0 Å². The van der Waals surface area contributed by atoms with E-state index in [-0.39, 0.29) is 12.6 Å². The minimum Gasteiger partial charge on any atom is -0.394 e. The highest BCUT2D eigenvalue weighted by Crippen LogP contribution is 2.20. The summed E-state index contributed by atoms with van der Waals surface area (Å²) in [6, 6.07) is 9.26. The SMILES string of the molecule is N[C@H](CO)c1cccc2ncccc12. The van der Waals surface area contributed by atoms with E-state index >= 15 is 0 Å². The molecule has 3 heteroatoms. The van der Waals surface area contributed by atoms with Gasteiger partial charge >= 0.3 is 0 Å². The van der Waals surface area contributed by atoms with Crippen LogP contribution in [0.5, 0.6) is 0 Å². The first-order valence-electron chi connectivity index (χ1n) is 4.53. The molecule has 0 unspecified atom stereocenters. The van der Waals surface area contributed by atoms with Gasteiger partial charge in [0, 0.05) is 11.6 Å². The molecule has 0 radical (unpaired) electrons. The Hall–Kier alpha value is -1.45. The van der Waals surface area contributed by atoms with Gasteiger partial charge in [-0.15, -0.1) is 0 Å². The van der Waals surface area contributed by atoms with Gasteiger partial charge in [0.1, 0.15) is 0 Å². The Morgan fingerprint density at radius 1 is 1.29 bits per heavy atom. The number of rotatable bonds is 2. The molecule has 0 bridgehead atoms. The molecule has 0 spiro atoms. The maximum Gasteiger partial charge on any atom is 0.0705 e. The number of hydrogen-bond donors (Lipinski definition) is 2. The Labute approximate surface area is 82.2 Å². The van der Waals surface area contributed by atoms with Crippen molar-refractivity contribution in [2.75, 3.05) is 6.61 Å². The zero-order valence-corrected chi connectivity index (χ0v) is 7.72. The Balaban J connectivity index is 2.65. The van der Waals surface area contributed by atoms with Crippen LogP contribution in [0.3, 0.4) is 0 Å². The van der Waals surface area contributed by atoms with Gasteiger partial charge in [-0.25, -0.2) is 0 Å². The number of hydrogen-bond acceptors (Lipinski definition) is 3. The first kappa shape index (κ1) is 9.12. The molecule has 0 amide bonds. The topological polar surface area (TPSA) is 59.1 Å². The molecular formula is C11H12N2O. The summed E-state index contributed by atoms with van der Waals surface area (Å²) in [6.45, 7) is -0.0476. The van der Waals surface area contributed by atoms with Crippen molar-refractivity contribution >= 4 is 10.9 Å². The van der Waals surface area contributed by atoms with Crippen LogP contribution in [0.15, 0.2) is 36.5 Å². The third-order valence-corrected chi connectivity index (χ3v) is 2.28. The maximum absolute atomic E-state index is 9.00. The van der Waals surface area contributed by atoms with Gasteiger partial charge in [-0.3, -0.25) is 4.98 Å². The molecule has 0 aliphatic heterocycles. The highest BCUT2D eigenvalue weighted by atomic mass is 16.3. The number of aliphatic hydroxyl groups is 1. The van der Waals surface area contributed by atoms with Crippen LogP contribution in [-0.2, 0) is 0 Å². The summed E-state index contributed by atoms with van der Waals surface area (Å²) in [6.07, 6.45) is 1.75. The van der Waals surface area contributed by atoms with Crippen LogP contribution in [0.2, 0.25) is 0 Å². The molecule has 1 atom stereocenters. The minimum atomic E-state index is -0.331. The van der Waals surface area contributed by atoms with Crippen molar-refractivity contribution in [3.8, 4) is 0 Å². The van der Waals surface area contributed by atoms with Gasteiger partial charge in [0.05, 0.1) is 18.2 Å². The van der Waals surface area contributed by atoms with E-state index in [0.717, 1.165) is 16.5 Å². The van der Waals surface area contributed by atoms with Crippen LogP contribution in [0, 0.1) is 0 Å². The number of fused-ring (bicyclic) bond motifs is 1. The van der Waals surface area contributed by atoms with E-state index in [1.165, 1.54) is 0 Å². The summed E-state index contributed by atoms with van der Waals surface area (Å²) >= 11 is 0. The fourth-order valence-electron chi connectivity index (χ4n) is 1.55. The monoisotopic (exact) mass is 188 g/mol. The molecule has 0 aliphatic carbocycles. The lowest BCUT2D eigenvalue weighted by Gasteiger charge is -2.10. The summed E-state index contributed by atoms with van der Waals surface area (Å²) in [5.41, 5.74) is 7.64. The summed E-state index contributed by atoms with van der Waals surface area (Å²) < 4.78 is 0. The van der Waals surface area contributed by atoms with Gasteiger partial charge in [-0.1, -0.05) is 18.2 Å². The van der Waals surface area contributed by atoms with E-state index in [2.05, 4.69) is 4.98 Å². The molecule has 14 heavy (non-hydrogen) atoms. The van der Waals surface area contributed by atoms with Crippen LogP contribution < -0.4 is 5.73 Å². The van der Waals surface area contributed by atoms with Crippen molar-refractivity contribution in [2.24, 2.45) is 5.73 Å². The molecule has 0 saturated heterocycles. The van der Waals surface area contributed by atoms with E-state index < -0.39 is 0 Å². The summed E-state index contributed by atoms with van der Waals surface area (Å²) in [5, 5.41) is 10.0. The molecule has 2 aromatic rings. The molecule has 0 aliphatic rings. The van der Waals surface area contributed by atoms with Crippen molar-refractivity contribution in [2.45, 2.75) is 6.04 Å². The summed E-state index contributed by atoms with van der Waals surface area (Å²) in [7, 11) is 0. The number of aliphatic hydroxyl groups excluding tert-OH is 1. The summed E-state index contributed by atoms with van der Waals surface area (Å²) in [4.78, 5) is 4.22. The highest BCUT2D eigenvalue weighted by molar-refractivity contribution is 5.82. The van der Waals surface area contributed by atoms with E-state index in [4.69, 9.17) is 10.8 Å². The fraction of sp³-hybridized carbons (Fsp3) is 0.182. The van der Waals surface area contributed by atoms with Gasteiger partial charge in [0.15, 0.2) is 0 Å². The van der Waals surface area contributed by atoms with E-state index in [1.807, 2.05) is 30.3 Å². The van der Waals surface area contributed by atoms with Gasteiger partial charge < -0.3 is 10.8 Å². The number of aromatic nitrogens is 1. The Morgan fingerprint density at radius 3 is 2.93 bits per heavy atom. The van der Waals surface area contributed by atoms with Gasteiger partial charge in [-0.2, -0.15) is 0 Å². The Morgan fingerprint density at radius 2 is 2.14 bits per heavy atom. The third-order valence-electron chi connectivity index (χ3n) is 2.28. The molecule has 0 saturated carbocycles. The fourth-order valence-corrected chi connectivity index (χ4v) is 1.55. The van der Waals surface area contributed by atoms with Crippen LogP contribution in [0.25, 0.3) is 10.9 Å². The minimum absolute atomic E-state index is 0.0476. The number of benzene rings is 1. The molecule has 72 valence electrons. The zero-order valence-electron chi connectivity index (χ0n) is 7.72. The van der Waals surface area contributed by atoms with E-state index in [9.17, 15) is 0 Å². The van der Waals surface area contributed by atoms with Crippen LogP contribution in [0.1, 0.15) is 11.6 Å². The van der Waals surface area contributed by atoms with Crippen molar-refractivity contribution in [3.05, 3.63) is 42.1 Å². The second-order valence-electron chi connectivity index (χ2n) is 3.21. The first-order chi connectivity index (χ1) is 6.83. The number of nitrogens with zero attached hydrogens (tertiary/aromatic N) is 1. The van der Waals surface area contributed by atoms with Crippen molar-refractivity contribution < 1.29 is 5.11 Å². The third kappa shape index (κ3) is 1.47. The molecule has 1 aromatic carbocycles. The average Bonchev–Trinajstić information content (AvgIpc) is 2.27. The molecule has 1 aromatic heterocycles. The molecule has 3 N–H and O–H groups in total. The van der Waals surface area contributed by atoms with Crippen LogP contribution in [-0.4, -0.2) is 16.7 Å². The first-order valence-corrected chi connectivity index (χ1v) is 4.53. The van der Waals surface area contributed by atoms with Gasteiger partial charge in [0.2, 0.25) is 0 Å². The molecule has 1 heterocycles. The Kier molecular flexibility index (Phi) is 2.43. The zero-order chi connectivity index (χ0) is 9.97. The maximum atomic E-state index is 9.00. The lowest BCUT2D eigenvalue weighted by Crippen LogP contribution is -2.14. The van der Waals surface area contributed by atoms with Crippen molar-refractivity contribution in [1.82, 2.24) is 4.98 Å². The van der Waals surface area contributed by atoms with Gasteiger partial charge in [-0.05, 0) is 17.7 Å². The highest BCUT2D eigenvalue weighted by Gasteiger charge is 2.07. The largest absolute Gasteiger partial charge is 0.394 e. The van der Waals surface area contributed by atoms with E-state index in [1.54, 1.807) is 6.20 Å². The van der Waals surface area contributed by atoms with Crippen molar-refractivity contribution in [3.63, 3.8) is 0 Å². The van der Waals surface area contributed by atoms with Crippen LogP contribution >= 0.6 is 0 Å². The second kappa shape index (κ2) is 3.74. The normalized spacial score (nSPS) is 13.0. The number of pyridine rings is 1. The quantitative estimate of drug-likeness (QED) is 0.745. The molecule has 2 rings (SSSR count). The number of nitrogens with two attached hydrogens (primary N) is 1. The predicted molar refractivity (Wildman–Crippen MR) is 55.8 cm³/mol. The van der Waals surface area contributed by atoms with Gasteiger partial charge in [0.25, 0.3) is 0 Å². The standard InChI is InChI=1S/C11H12N2O/c12-10(7-14)8-3-1-5-11-9(8)4-2-6-13-11/h1-6,10,14H,7,12H2/t10-/m1/s1. The lowest BCUT2D eigenvalue weighted by molar-refractivity contribution is 0.268. The predicted octanol–water partition coefficient (Wildman–Crippen LogP) is 1.23. The second-order valence-corrected chi connectivity index (χ2v) is 3.21. The molecule has 0 fully saturated rings.